The molecule has 1 atom stereocenters. The van der Waals surface area contributed by atoms with Crippen LogP contribution >= 0.6 is 8.46 Å². The first-order valence-electron chi connectivity index (χ1n) is 7.40. The Hall–Kier alpha value is -1.93. The van der Waals surface area contributed by atoms with E-state index in [9.17, 15) is 4.57 Å². The molecule has 2 rings (SSSR count). The molecule has 0 aliphatic carbocycles. The first kappa shape index (κ1) is 16.4. The highest BCUT2D eigenvalue weighted by atomic mass is 31.1. The Balaban J connectivity index is 2.62. The lowest BCUT2D eigenvalue weighted by Gasteiger charge is -2.17. The Morgan fingerprint density at radius 3 is 2.45 bits per heavy atom. The van der Waals surface area contributed by atoms with Gasteiger partial charge in [-0.2, -0.15) is 0 Å². The van der Waals surface area contributed by atoms with E-state index in [0.717, 1.165) is 22.4 Å². The van der Waals surface area contributed by atoms with Gasteiger partial charge in [0.2, 0.25) is 0 Å². The Bertz CT molecular complexity index is 658. The molecule has 0 amide bonds. The summed E-state index contributed by atoms with van der Waals surface area (Å²) in [5.41, 5.74) is 3.78. The zero-order valence-electron chi connectivity index (χ0n) is 13.2. The highest BCUT2D eigenvalue weighted by Crippen LogP contribution is 2.41. The third-order valence-electron chi connectivity index (χ3n) is 3.23. The Labute approximate surface area is 132 Å². The van der Waals surface area contributed by atoms with Gasteiger partial charge in [0.05, 0.1) is 18.9 Å². The quantitative estimate of drug-likeness (QED) is 0.711. The topological polar surface area (TPSA) is 48.4 Å². The molecular weight excluding hydrogens is 297 g/mol. The zero-order valence-corrected chi connectivity index (χ0v) is 14.2. The van der Waals surface area contributed by atoms with Crippen LogP contribution in [0.5, 0.6) is 11.5 Å². The van der Waals surface area contributed by atoms with Crippen LogP contribution in [-0.2, 0) is 10.7 Å². The smallest absolute Gasteiger partial charge is 0.329 e. The summed E-state index contributed by atoms with van der Waals surface area (Å²) in [6.07, 6.45) is 2.24. The van der Waals surface area contributed by atoms with Crippen molar-refractivity contribution in [2.24, 2.45) is 0 Å². The summed E-state index contributed by atoms with van der Waals surface area (Å²) in [6, 6.07) is 7.88. The third kappa shape index (κ3) is 3.63. The Morgan fingerprint density at radius 2 is 1.82 bits per heavy atom. The molecule has 1 aromatic carbocycles. The molecule has 116 valence electrons. The fourth-order valence-electron chi connectivity index (χ4n) is 2.30. The number of aromatic nitrogens is 1. The van der Waals surface area contributed by atoms with Crippen molar-refractivity contribution in [3.8, 4) is 22.8 Å². The van der Waals surface area contributed by atoms with Gasteiger partial charge in [0.15, 0.2) is 17.7 Å². The van der Waals surface area contributed by atoms with Crippen LogP contribution in [0, 0.1) is 6.92 Å². The predicted molar refractivity (Wildman–Crippen MR) is 89.5 cm³/mol. The average Bonchev–Trinajstić information content (AvgIpc) is 2.51. The number of hydrogen-bond acceptors (Lipinski definition) is 4. The highest BCUT2D eigenvalue weighted by molar-refractivity contribution is 7.22. The van der Waals surface area contributed by atoms with Crippen LogP contribution in [0.15, 0.2) is 30.5 Å². The second-order valence-electron chi connectivity index (χ2n) is 4.84. The van der Waals surface area contributed by atoms with E-state index in [1.807, 2.05) is 45.0 Å². The van der Waals surface area contributed by atoms with E-state index in [0.29, 0.717) is 30.9 Å². The van der Waals surface area contributed by atoms with Crippen molar-refractivity contribution < 1.29 is 14.0 Å². The van der Waals surface area contributed by atoms with Crippen molar-refractivity contribution >= 4 is 8.46 Å². The first-order valence-corrected chi connectivity index (χ1v) is 8.52. The van der Waals surface area contributed by atoms with Crippen LogP contribution in [-0.4, -0.2) is 18.2 Å². The van der Waals surface area contributed by atoms with Gasteiger partial charge in [0.1, 0.15) is 0 Å². The molecule has 0 bridgehead atoms. The first-order chi connectivity index (χ1) is 10.7. The monoisotopic (exact) mass is 318 g/mol. The number of nitrogens with zero attached hydrogens (tertiary/aromatic N) is 1. The summed E-state index contributed by atoms with van der Waals surface area (Å²) >= 11 is 0. The molecule has 0 spiro atoms. The summed E-state index contributed by atoms with van der Waals surface area (Å²) in [7, 11) is -0.405. The molecule has 0 saturated heterocycles. The van der Waals surface area contributed by atoms with Crippen molar-refractivity contribution in [2.75, 3.05) is 13.2 Å². The van der Waals surface area contributed by atoms with E-state index >= 15 is 0 Å². The van der Waals surface area contributed by atoms with Gasteiger partial charge in [0.25, 0.3) is 0 Å². The lowest BCUT2D eigenvalue weighted by Crippen LogP contribution is -2.03. The molecule has 22 heavy (non-hydrogen) atoms. The number of rotatable bonds is 7. The van der Waals surface area contributed by atoms with Gasteiger partial charge in [-0.3, -0.25) is 4.98 Å². The number of hydrogen-bond donors (Lipinski definition) is 0. The van der Waals surface area contributed by atoms with Crippen LogP contribution in [0.25, 0.3) is 11.3 Å². The molecule has 0 aliphatic heterocycles. The van der Waals surface area contributed by atoms with Crippen molar-refractivity contribution in [1.82, 2.24) is 4.98 Å². The summed E-state index contributed by atoms with van der Waals surface area (Å²) < 4.78 is 22.7. The third-order valence-corrected chi connectivity index (χ3v) is 3.75. The lowest BCUT2D eigenvalue weighted by atomic mass is 10.0. The summed E-state index contributed by atoms with van der Waals surface area (Å²) in [4.78, 5) is 4.43. The fraction of sp³-hybridized carbons (Fsp3) is 0.353. The van der Waals surface area contributed by atoms with E-state index in [2.05, 4.69) is 4.98 Å². The lowest BCUT2D eigenvalue weighted by molar-refractivity contribution is 0.287. The van der Waals surface area contributed by atoms with Gasteiger partial charge in [0, 0.05) is 17.3 Å². The minimum Gasteiger partial charge on any atom is -0.490 e. The molecule has 5 heteroatoms. The Morgan fingerprint density at radius 1 is 1.09 bits per heavy atom. The van der Waals surface area contributed by atoms with E-state index in [-0.39, 0.29) is 0 Å². The standard InChI is InChI=1S/C17H20NO3P/c1-4-20-16-13(11-22-19)6-7-14(17(16)21-5-2)15-10-12(3)8-9-18-15/h6-10H,4-5,11H2,1-3H3/p+1. The minimum atomic E-state index is -0.405. The number of aryl methyl sites for hydroxylation is 1. The van der Waals surface area contributed by atoms with Crippen molar-refractivity contribution in [3.63, 3.8) is 0 Å². The minimum absolute atomic E-state index is 0.405. The summed E-state index contributed by atoms with van der Waals surface area (Å²) in [6.45, 7) is 6.95. The van der Waals surface area contributed by atoms with Crippen LogP contribution in [0.4, 0.5) is 0 Å². The number of benzene rings is 1. The maximum atomic E-state index is 11.0. The average molecular weight is 318 g/mol. The van der Waals surface area contributed by atoms with Gasteiger partial charge in [-0.1, -0.05) is 10.6 Å². The van der Waals surface area contributed by atoms with E-state index in [1.54, 1.807) is 6.20 Å². The maximum Gasteiger partial charge on any atom is 0.329 e. The van der Waals surface area contributed by atoms with E-state index in [1.165, 1.54) is 0 Å². The molecule has 2 aromatic rings. The maximum absolute atomic E-state index is 11.0. The predicted octanol–water partition coefficient (Wildman–Crippen LogP) is 4.38. The van der Waals surface area contributed by atoms with Gasteiger partial charge >= 0.3 is 8.46 Å². The molecule has 0 N–H and O–H groups in total. The fourth-order valence-corrected chi connectivity index (χ4v) is 2.73. The van der Waals surface area contributed by atoms with Crippen molar-refractivity contribution in [2.45, 2.75) is 26.9 Å². The summed E-state index contributed by atoms with van der Waals surface area (Å²) in [5.74, 6) is 1.35. The van der Waals surface area contributed by atoms with Gasteiger partial charge < -0.3 is 9.47 Å². The molecule has 4 nitrogen and oxygen atoms in total. The van der Waals surface area contributed by atoms with Gasteiger partial charge in [-0.25, -0.2) is 0 Å². The zero-order chi connectivity index (χ0) is 15.9. The second kappa shape index (κ2) is 7.90. The molecule has 0 fully saturated rings. The molecule has 1 aromatic heterocycles. The highest BCUT2D eigenvalue weighted by Gasteiger charge is 2.19. The van der Waals surface area contributed by atoms with Gasteiger partial charge in [-0.05, 0) is 44.5 Å². The summed E-state index contributed by atoms with van der Waals surface area (Å²) in [5, 5.41) is 0. The molecular formula is C17H21NO3P+. The molecule has 0 aliphatic rings. The number of pyridine rings is 1. The normalized spacial score (nSPS) is 10.7. The van der Waals surface area contributed by atoms with E-state index in [4.69, 9.17) is 9.47 Å². The second-order valence-corrected chi connectivity index (χ2v) is 5.48. The van der Waals surface area contributed by atoms with Crippen molar-refractivity contribution in [1.29, 1.82) is 0 Å². The molecule has 0 radical (unpaired) electrons. The van der Waals surface area contributed by atoms with Crippen molar-refractivity contribution in [3.05, 3.63) is 41.6 Å². The largest absolute Gasteiger partial charge is 0.490 e. The molecule has 1 unspecified atom stereocenters. The van der Waals surface area contributed by atoms with Crippen LogP contribution in [0.2, 0.25) is 0 Å². The molecule has 0 saturated carbocycles. The SMILES string of the molecule is CCOc1c(C[PH+]=O)ccc(-c2cc(C)ccn2)c1OCC. The number of ether oxygens (including phenoxy) is 2. The van der Waals surface area contributed by atoms with Crippen LogP contribution in [0.1, 0.15) is 25.0 Å². The van der Waals surface area contributed by atoms with Gasteiger partial charge in [-0.15, -0.1) is 0 Å². The molecule has 1 heterocycles. The van der Waals surface area contributed by atoms with Crippen LogP contribution < -0.4 is 9.47 Å². The Kier molecular flexibility index (Phi) is 5.91. The van der Waals surface area contributed by atoms with E-state index < -0.39 is 8.46 Å². The van der Waals surface area contributed by atoms with Crippen LogP contribution in [0.3, 0.4) is 0 Å².